The van der Waals surface area contributed by atoms with Gasteiger partial charge in [-0.1, -0.05) is 17.7 Å². The van der Waals surface area contributed by atoms with Crippen LogP contribution in [0.25, 0.3) is 6.08 Å². The third-order valence-corrected chi connectivity index (χ3v) is 2.36. The van der Waals surface area contributed by atoms with Crippen LogP contribution in [0.2, 0.25) is 5.02 Å². The van der Waals surface area contributed by atoms with Crippen LogP contribution in [0.15, 0.2) is 24.3 Å². The Kier molecular flexibility index (Phi) is 5.89. The maximum atomic E-state index is 11.4. The number of esters is 1. The molecule has 0 saturated heterocycles. The van der Waals surface area contributed by atoms with Gasteiger partial charge >= 0.3 is 12.1 Å². The predicted octanol–water partition coefficient (Wildman–Crippen LogP) is 3.09. The molecule has 0 saturated carbocycles. The van der Waals surface area contributed by atoms with E-state index in [1.807, 2.05) is 0 Å². The molecule has 0 aliphatic heterocycles. The summed E-state index contributed by atoms with van der Waals surface area (Å²) in [6.45, 7) is 1.97. The van der Waals surface area contributed by atoms with Gasteiger partial charge in [0.25, 0.3) is 0 Å². The molecule has 102 valence electrons. The van der Waals surface area contributed by atoms with E-state index in [0.29, 0.717) is 16.3 Å². The van der Waals surface area contributed by atoms with Crippen LogP contribution in [0.4, 0.5) is 10.5 Å². The minimum Gasteiger partial charge on any atom is -0.466 e. The van der Waals surface area contributed by atoms with Crippen LogP contribution < -0.4 is 5.32 Å². The number of amides is 1. The molecule has 0 heterocycles. The lowest BCUT2D eigenvalue weighted by Crippen LogP contribution is -2.14. The van der Waals surface area contributed by atoms with Crippen molar-refractivity contribution in [1.29, 1.82) is 0 Å². The topological polar surface area (TPSA) is 64.6 Å². The quantitative estimate of drug-likeness (QED) is 0.681. The molecule has 0 radical (unpaired) electrons. The Balaban J connectivity index is 2.94. The van der Waals surface area contributed by atoms with Crippen LogP contribution in [0.3, 0.4) is 0 Å². The number of benzene rings is 1. The second kappa shape index (κ2) is 7.43. The van der Waals surface area contributed by atoms with Gasteiger partial charge < -0.3 is 9.47 Å². The van der Waals surface area contributed by atoms with Crippen molar-refractivity contribution < 1.29 is 19.1 Å². The lowest BCUT2D eigenvalue weighted by Gasteiger charge is -2.08. The summed E-state index contributed by atoms with van der Waals surface area (Å²) in [5.74, 6) is -0.489. The highest BCUT2D eigenvalue weighted by Crippen LogP contribution is 2.22. The summed E-state index contributed by atoms with van der Waals surface area (Å²) in [5, 5.41) is 3.01. The molecule has 0 atom stereocenters. The average molecular weight is 284 g/mol. The van der Waals surface area contributed by atoms with E-state index < -0.39 is 12.1 Å². The van der Waals surface area contributed by atoms with Crippen LogP contribution in [-0.4, -0.2) is 25.8 Å². The summed E-state index contributed by atoms with van der Waals surface area (Å²) in [4.78, 5) is 22.4. The predicted molar refractivity (Wildman–Crippen MR) is 73.1 cm³/mol. The Bertz CT molecular complexity index is 499. The number of nitrogens with one attached hydrogen (secondary N) is 1. The van der Waals surface area contributed by atoms with Crippen molar-refractivity contribution in [1.82, 2.24) is 0 Å². The van der Waals surface area contributed by atoms with Gasteiger partial charge in [-0.2, -0.15) is 0 Å². The van der Waals surface area contributed by atoms with Crippen molar-refractivity contribution in [2.24, 2.45) is 0 Å². The fraction of sp³-hybridized carbons (Fsp3) is 0.231. The molecule has 0 bridgehead atoms. The molecule has 19 heavy (non-hydrogen) atoms. The number of anilines is 1. The summed E-state index contributed by atoms with van der Waals surface area (Å²) in [6.07, 6.45) is 2.18. The number of carbonyl (C=O) groups excluding carboxylic acids is 2. The molecule has 0 aliphatic carbocycles. The highest BCUT2D eigenvalue weighted by molar-refractivity contribution is 6.31. The number of hydrogen-bond donors (Lipinski definition) is 1. The third-order valence-electron chi connectivity index (χ3n) is 2.13. The molecular weight excluding hydrogens is 270 g/mol. The van der Waals surface area contributed by atoms with Crippen molar-refractivity contribution in [3.63, 3.8) is 0 Å². The molecule has 5 nitrogen and oxygen atoms in total. The van der Waals surface area contributed by atoms with Gasteiger partial charge in [-0.05, 0) is 30.7 Å². The van der Waals surface area contributed by atoms with Crippen molar-refractivity contribution in [2.45, 2.75) is 6.92 Å². The van der Waals surface area contributed by atoms with Crippen LogP contribution in [0, 0.1) is 0 Å². The van der Waals surface area contributed by atoms with Gasteiger partial charge in [-0.15, -0.1) is 0 Å². The van der Waals surface area contributed by atoms with Crippen molar-refractivity contribution in [3.8, 4) is 0 Å². The van der Waals surface area contributed by atoms with Crippen molar-refractivity contribution >= 4 is 35.4 Å². The Hall–Kier alpha value is -2.01. The number of ether oxygens (including phenoxy) is 2. The highest BCUT2D eigenvalue weighted by Gasteiger charge is 2.07. The van der Waals surface area contributed by atoms with E-state index in [9.17, 15) is 9.59 Å². The molecule has 6 heteroatoms. The molecule has 1 rings (SSSR count). The molecular formula is C13H14ClNO4. The first-order chi connectivity index (χ1) is 9.06. The molecule has 1 aromatic rings. The number of halogens is 1. The third kappa shape index (κ3) is 5.01. The fourth-order valence-electron chi connectivity index (χ4n) is 1.29. The van der Waals surface area contributed by atoms with Gasteiger partial charge in [-0.3, -0.25) is 5.32 Å². The van der Waals surface area contributed by atoms with Crippen LogP contribution in [0.1, 0.15) is 12.5 Å². The summed E-state index contributed by atoms with van der Waals surface area (Å²) >= 11 is 5.86. The summed E-state index contributed by atoms with van der Waals surface area (Å²) < 4.78 is 9.27. The SMILES string of the molecule is CCOC(=O)Nc1cc(Cl)ccc1/C=C/C(=O)OC. The van der Waals surface area contributed by atoms with E-state index in [0.717, 1.165) is 0 Å². The smallest absolute Gasteiger partial charge is 0.411 e. The second-order valence-electron chi connectivity index (χ2n) is 3.43. The summed E-state index contributed by atoms with van der Waals surface area (Å²) in [6, 6.07) is 4.88. The largest absolute Gasteiger partial charge is 0.466 e. The average Bonchev–Trinajstić information content (AvgIpc) is 2.37. The fourth-order valence-corrected chi connectivity index (χ4v) is 1.46. The summed E-state index contributed by atoms with van der Waals surface area (Å²) in [5.41, 5.74) is 1.06. The standard InChI is InChI=1S/C13H14ClNO4/c1-3-19-13(17)15-11-8-10(14)6-4-9(11)5-7-12(16)18-2/h4-8H,3H2,1-2H3,(H,15,17)/b7-5+. The Morgan fingerprint density at radius 3 is 2.79 bits per heavy atom. The highest BCUT2D eigenvalue weighted by atomic mass is 35.5. The van der Waals surface area contributed by atoms with Gasteiger partial charge in [-0.25, -0.2) is 9.59 Å². The normalized spacial score (nSPS) is 10.3. The molecule has 1 amide bonds. The zero-order valence-electron chi connectivity index (χ0n) is 10.6. The Morgan fingerprint density at radius 2 is 2.16 bits per heavy atom. The Labute approximate surface area is 116 Å². The van der Waals surface area contributed by atoms with Crippen LogP contribution in [-0.2, 0) is 14.3 Å². The summed E-state index contributed by atoms with van der Waals surface area (Å²) in [7, 11) is 1.28. The van der Waals surface area contributed by atoms with E-state index in [2.05, 4.69) is 10.1 Å². The molecule has 0 aliphatic rings. The van der Waals surface area contributed by atoms with Gasteiger partial charge in [0.2, 0.25) is 0 Å². The maximum Gasteiger partial charge on any atom is 0.411 e. The minimum atomic E-state index is -0.586. The Morgan fingerprint density at radius 1 is 1.42 bits per heavy atom. The van der Waals surface area contributed by atoms with E-state index in [-0.39, 0.29) is 6.61 Å². The molecule has 1 N–H and O–H groups in total. The minimum absolute atomic E-state index is 0.264. The first-order valence-electron chi connectivity index (χ1n) is 5.56. The van der Waals surface area contributed by atoms with E-state index in [4.69, 9.17) is 16.3 Å². The van der Waals surface area contributed by atoms with Gasteiger partial charge in [0.1, 0.15) is 0 Å². The van der Waals surface area contributed by atoms with E-state index in [1.165, 1.54) is 19.3 Å². The number of carbonyl (C=O) groups is 2. The zero-order chi connectivity index (χ0) is 14.3. The monoisotopic (exact) mass is 283 g/mol. The van der Waals surface area contributed by atoms with Crippen LogP contribution in [0.5, 0.6) is 0 Å². The van der Waals surface area contributed by atoms with Crippen molar-refractivity contribution in [2.75, 3.05) is 19.0 Å². The lowest BCUT2D eigenvalue weighted by molar-refractivity contribution is -0.134. The second-order valence-corrected chi connectivity index (χ2v) is 3.87. The van der Waals surface area contributed by atoms with E-state index in [1.54, 1.807) is 25.1 Å². The lowest BCUT2D eigenvalue weighted by atomic mass is 10.1. The maximum absolute atomic E-state index is 11.4. The molecule has 0 unspecified atom stereocenters. The first-order valence-corrected chi connectivity index (χ1v) is 5.94. The van der Waals surface area contributed by atoms with Crippen molar-refractivity contribution in [3.05, 3.63) is 34.9 Å². The number of rotatable bonds is 4. The molecule has 1 aromatic carbocycles. The number of methoxy groups -OCH3 is 1. The number of hydrogen-bond acceptors (Lipinski definition) is 4. The molecule has 0 aromatic heterocycles. The van der Waals surface area contributed by atoms with Gasteiger partial charge in [0.15, 0.2) is 0 Å². The van der Waals surface area contributed by atoms with Gasteiger partial charge in [0.05, 0.1) is 19.4 Å². The van der Waals surface area contributed by atoms with Crippen LogP contribution >= 0.6 is 11.6 Å². The molecule has 0 spiro atoms. The first kappa shape index (κ1) is 15.0. The van der Waals surface area contributed by atoms with E-state index >= 15 is 0 Å². The van der Waals surface area contributed by atoms with Gasteiger partial charge in [0, 0.05) is 11.1 Å². The molecule has 0 fully saturated rings. The zero-order valence-corrected chi connectivity index (χ0v) is 11.4.